The van der Waals surface area contributed by atoms with Crippen LogP contribution in [-0.2, 0) is 39.4 Å². The van der Waals surface area contributed by atoms with Crippen LogP contribution in [-0.4, -0.2) is 34.1 Å². The lowest BCUT2D eigenvalue weighted by Gasteiger charge is -2.60. The van der Waals surface area contributed by atoms with E-state index in [1.807, 2.05) is 6.92 Å². The van der Waals surface area contributed by atoms with E-state index in [0.717, 1.165) is 18.2 Å². The molecular formula is C31H32BClF6N4O4. The zero-order chi connectivity index (χ0) is 34.3. The van der Waals surface area contributed by atoms with Crippen LogP contribution in [0.25, 0.3) is 0 Å². The highest BCUT2D eigenvalue weighted by Gasteiger charge is 2.66. The van der Waals surface area contributed by atoms with Crippen molar-refractivity contribution in [3.63, 3.8) is 0 Å². The molecular weight excluding hydrogens is 653 g/mol. The molecule has 3 unspecified atom stereocenters. The lowest BCUT2D eigenvalue weighted by Crippen LogP contribution is -2.59. The Balaban J connectivity index is 1.20. The SMILES string of the molecule is C=CC[C@H](NC(=O)[C@@H]1CCc2c(Cl)nc(NCc3ccc(C(F)(F)F)c(C(F)(F)F)c3)c(=O)n21)B1OC2=CC3CC(C2(C)O1)C3(C)C. The quantitative estimate of drug-likeness (QED) is 0.188. The molecule has 1 aromatic carbocycles. The molecule has 5 aliphatic rings. The molecule has 8 nitrogen and oxygen atoms in total. The van der Waals surface area contributed by atoms with E-state index in [4.69, 9.17) is 20.9 Å². The summed E-state index contributed by atoms with van der Waals surface area (Å²) in [6.45, 7) is 9.73. The molecule has 0 spiro atoms. The number of carbonyl (C=O) groups excluding carboxylic acids is 1. The van der Waals surface area contributed by atoms with Gasteiger partial charge in [-0.1, -0.05) is 37.6 Å². The lowest BCUT2D eigenvalue weighted by molar-refractivity contribution is -0.162. The molecule has 7 rings (SSSR count). The summed E-state index contributed by atoms with van der Waals surface area (Å²) in [5, 5.41) is 5.44. The highest BCUT2D eigenvalue weighted by Crippen LogP contribution is 2.64. The van der Waals surface area contributed by atoms with Gasteiger partial charge in [0.25, 0.3) is 5.56 Å². The van der Waals surface area contributed by atoms with Gasteiger partial charge in [0.05, 0.1) is 22.8 Å². The van der Waals surface area contributed by atoms with Crippen molar-refractivity contribution in [1.29, 1.82) is 0 Å². The number of alkyl halides is 6. The molecule has 1 saturated heterocycles. The molecule has 3 heterocycles. The number of carbonyl (C=O) groups is 1. The van der Waals surface area contributed by atoms with E-state index in [-0.39, 0.29) is 40.7 Å². The summed E-state index contributed by atoms with van der Waals surface area (Å²) in [7, 11) is -0.801. The van der Waals surface area contributed by atoms with E-state index in [1.54, 1.807) is 6.08 Å². The maximum Gasteiger partial charge on any atom is 0.550 e. The minimum absolute atomic E-state index is 0.0502. The highest BCUT2D eigenvalue weighted by atomic mass is 35.5. The molecule has 1 amide bonds. The number of amides is 1. The van der Waals surface area contributed by atoms with Gasteiger partial charge in [-0.05, 0) is 73.6 Å². The number of allylic oxidation sites excluding steroid dienone is 1. The molecule has 2 bridgehead atoms. The second-order valence-electron chi connectivity index (χ2n) is 13.3. The lowest BCUT2D eigenvalue weighted by atomic mass is 9.46. The summed E-state index contributed by atoms with van der Waals surface area (Å²) in [4.78, 5) is 31.3. The maximum atomic E-state index is 13.7. The molecule has 47 heavy (non-hydrogen) atoms. The van der Waals surface area contributed by atoms with Crippen molar-refractivity contribution < 1.29 is 40.4 Å². The zero-order valence-corrected chi connectivity index (χ0v) is 26.4. The van der Waals surface area contributed by atoms with Crippen LogP contribution in [0.15, 0.2) is 47.5 Å². The van der Waals surface area contributed by atoms with E-state index in [2.05, 4.69) is 42.1 Å². The van der Waals surface area contributed by atoms with Gasteiger partial charge in [0, 0.05) is 6.54 Å². The van der Waals surface area contributed by atoms with E-state index in [0.29, 0.717) is 30.2 Å². The predicted molar refractivity (Wildman–Crippen MR) is 161 cm³/mol. The van der Waals surface area contributed by atoms with E-state index < -0.39 is 66.2 Å². The van der Waals surface area contributed by atoms with Crippen LogP contribution in [0.4, 0.5) is 32.2 Å². The Morgan fingerprint density at radius 1 is 1.21 bits per heavy atom. The molecule has 5 atom stereocenters. The number of hydrogen-bond acceptors (Lipinski definition) is 6. The average Bonchev–Trinajstić information content (AvgIpc) is 3.59. The topological polar surface area (TPSA) is 94.5 Å². The Morgan fingerprint density at radius 2 is 1.91 bits per heavy atom. The summed E-state index contributed by atoms with van der Waals surface area (Å²) in [5.74, 6) is -0.150. The Kier molecular flexibility index (Phi) is 8.05. The van der Waals surface area contributed by atoms with Crippen LogP contribution < -0.4 is 16.2 Å². The Hall–Kier alpha value is -3.46. The second kappa shape index (κ2) is 11.3. The van der Waals surface area contributed by atoms with E-state index in [1.165, 1.54) is 4.57 Å². The number of benzene rings is 1. The van der Waals surface area contributed by atoms with Gasteiger partial charge in [0.1, 0.15) is 17.4 Å². The number of hydrogen-bond donors (Lipinski definition) is 2. The summed E-state index contributed by atoms with van der Waals surface area (Å²) in [5.41, 5.74) is -4.91. The zero-order valence-electron chi connectivity index (χ0n) is 25.7. The first-order valence-corrected chi connectivity index (χ1v) is 15.5. The van der Waals surface area contributed by atoms with Crippen molar-refractivity contribution in [2.75, 3.05) is 5.32 Å². The number of rotatable bonds is 8. The third-order valence-corrected chi connectivity index (χ3v) is 10.4. The monoisotopic (exact) mass is 684 g/mol. The van der Waals surface area contributed by atoms with Crippen LogP contribution in [0.2, 0.25) is 5.15 Å². The van der Waals surface area contributed by atoms with Gasteiger partial charge in [-0.25, -0.2) is 4.98 Å². The van der Waals surface area contributed by atoms with Gasteiger partial charge in [-0.15, -0.1) is 6.58 Å². The maximum absolute atomic E-state index is 13.7. The van der Waals surface area contributed by atoms with Crippen molar-refractivity contribution >= 4 is 30.4 Å². The average molecular weight is 685 g/mol. The molecule has 2 N–H and O–H groups in total. The number of halogens is 7. The van der Waals surface area contributed by atoms with Gasteiger partial charge in [0.2, 0.25) is 5.91 Å². The fourth-order valence-electron chi connectivity index (χ4n) is 7.48. The first-order chi connectivity index (χ1) is 21.9. The van der Waals surface area contributed by atoms with Crippen LogP contribution in [0.3, 0.4) is 0 Å². The second-order valence-corrected chi connectivity index (χ2v) is 13.6. The van der Waals surface area contributed by atoms with Crippen LogP contribution >= 0.6 is 11.6 Å². The normalized spacial score (nSPS) is 26.4. The standard InChI is InChI=1S/C31H32BClF6N4O4/c1-5-6-23(32-46-22-13-16-12-21(28(16,2)3)29(22,4)47-32)41-26(44)20-10-9-19-24(33)42-25(27(45)43(19)20)40-14-15-7-8-17(30(34,35)36)18(11-15)31(37,38)39/h5,7-8,11,13,16,20-21,23H,1,6,9-10,12,14H2,2-4H3,(H,40,42)(H,41,44)/t16?,20-,21?,23-,29?/m0/s1. The summed E-state index contributed by atoms with van der Waals surface area (Å²) in [6, 6.07) is 0.572. The van der Waals surface area contributed by atoms with Gasteiger partial charge in [-0.3, -0.25) is 14.2 Å². The number of fused-ring (bicyclic) bond motifs is 1. The Morgan fingerprint density at radius 3 is 2.55 bits per heavy atom. The Bertz CT molecular complexity index is 1730. The number of nitrogens with one attached hydrogen (secondary N) is 2. The number of anilines is 1. The van der Waals surface area contributed by atoms with Gasteiger partial charge < -0.3 is 19.9 Å². The molecule has 252 valence electrons. The van der Waals surface area contributed by atoms with Gasteiger partial charge in [-0.2, -0.15) is 26.3 Å². The van der Waals surface area contributed by atoms with Crippen LogP contribution in [0, 0.1) is 17.3 Å². The molecule has 1 aromatic heterocycles. The molecule has 2 aromatic rings. The van der Waals surface area contributed by atoms with Crippen molar-refractivity contribution in [3.8, 4) is 0 Å². The molecule has 3 aliphatic carbocycles. The Labute approximate surface area is 271 Å². The number of nitrogens with zero attached hydrogens (tertiary/aromatic N) is 2. The fourth-order valence-corrected chi connectivity index (χ4v) is 7.75. The highest BCUT2D eigenvalue weighted by molar-refractivity contribution is 6.48. The fraction of sp³-hybridized carbons (Fsp3) is 0.516. The number of aromatic nitrogens is 2. The van der Waals surface area contributed by atoms with Gasteiger partial charge in [0.15, 0.2) is 11.0 Å². The van der Waals surface area contributed by atoms with E-state index >= 15 is 0 Å². The predicted octanol–water partition coefficient (Wildman–Crippen LogP) is 6.49. The summed E-state index contributed by atoms with van der Waals surface area (Å²) < 4.78 is 93.8. The molecule has 1 saturated carbocycles. The first-order valence-electron chi connectivity index (χ1n) is 15.2. The smallest absolute Gasteiger partial charge is 0.536 e. The molecule has 2 aliphatic heterocycles. The molecule has 16 heteroatoms. The van der Waals surface area contributed by atoms with Crippen molar-refractivity contribution in [2.24, 2.45) is 17.3 Å². The molecule has 0 radical (unpaired) electrons. The van der Waals surface area contributed by atoms with Crippen molar-refractivity contribution in [1.82, 2.24) is 14.9 Å². The van der Waals surface area contributed by atoms with E-state index in [9.17, 15) is 35.9 Å². The van der Waals surface area contributed by atoms with Crippen LogP contribution in [0.1, 0.15) is 68.5 Å². The van der Waals surface area contributed by atoms with Gasteiger partial charge >= 0.3 is 19.5 Å². The summed E-state index contributed by atoms with van der Waals surface area (Å²) >= 11 is 6.36. The molecule has 2 fully saturated rings. The first kappa shape index (κ1) is 33.4. The third-order valence-electron chi connectivity index (χ3n) is 10.1. The van der Waals surface area contributed by atoms with Crippen molar-refractivity contribution in [2.45, 2.75) is 82.9 Å². The third kappa shape index (κ3) is 5.62. The minimum Gasteiger partial charge on any atom is -0.536 e. The largest absolute Gasteiger partial charge is 0.550 e. The summed E-state index contributed by atoms with van der Waals surface area (Å²) in [6.07, 6.45) is -4.99. The minimum atomic E-state index is -5.27. The van der Waals surface area contributed by atoms with Crippen LogP contribution in [0.5, 0.6) is 0 Å². The van der Waals surface area contributed by atoms with Crippen molar-refractivity contribution in [3.05, 3.63) is 80.6 Å².